The summed E-state index contributed by atoms with van der Waals surface area (Å²) in [6.07, 6.45) is 19.0. The predicted octanol–water partition coefficient (Wildman–Crippen LogP) is 8.68. The summed E-state index contributed by atoms with van der Waals surface area (Å²) in [5.74, 6) is -0.716. The molecule has 6 rings (SSSR count). The lowest BCUT2D eigenvalue weighted by atomic mass is 10.0. The minimum atomic E-state index is -4.70. The molecule has 1 aliphatic carbocycles. The topological polar surface area (TPSA) is 195 Å². The van der Waals surface area contributed by atoms with Gasteiger partial charge in [0.1, 0.15) is 53.6 Å². The zero-order chi connectivity index (χ0) is 41.9. The number of nitrogens with zero attached hydrogens (tertiary/aromatic N) is 5. The van der Waals surface area contributed by atoms with Crippen LogP contribution >= 0.6 is 7.82 Å². The molecule has 15 nitrogen and oxygen atoms in total. The summed E-state index contributed by atoms with van der Waals surface area (Å²) in [5.41, 5.74) is 5.82. The number of nitrogen functional groups attached to an aromatic ring is 1. The Balaban J connectivity index is 0.948. The Morgan fingerprint density at radius 3 is 2.25 bits per heavy atom. The molecule has 3 N–H and O–H groups in total. The van der Waals surface area contributed by atoms with Gasteiger partial charge in [-0.3, -0.25) is 9.05 Å². The lowest BCUT2D eigenvalue weighted by Gasteiger charge is -2.25. The largest absolute Gasteiger partial charge is 0.472 e. The molecular weight excluding hydrogens is 775 g/mol. The quantitative estimate of drug-likeness (QED) is 0.0521. The van der Waals surface area contributed by atoms with Crippen LogP contribution in [0.15, 0.2) is 36.7 Å². The molecule has 0 bridgehead atoms. The molecule has 3 fully saturated rings. The van der Waals surface area contributed by atoms with Crippen molar-refractivity contribution in [3.63, 3.8) is 0 Å². The van der Waals surface area contributed by atoms with Crippen molar-refractivity contribution in [2.24, 2.45) is 0 Å². The van der Waals surface area contributed by atoms with E-state index in [1.54, 1.807) is 49.6 Å². The van der Waals surface area contributed by atoms with Crippen molar-refractivity contribution >= 4 is 19.2 Å². The lowest BCUT2D eigenvalue weighted by Crippen LogP contribution is -2.33. The SMILES string of the molecule is CCCCCCCCCCCCCCCCCCOC[C@H](COP(=O)(O)OC1[C@@]2(C)O[C@@H](c3ccc4c(N)ncnn34)[C@@H]3OC(C)(C)O[C@@]132)OCc1cccc(C#N)n1. The number of nitrogens with two attached hydrogens (primary N) is 1. The second-order valence-electron chi connectivity index (χ2n) is 16.9. The molecule has 5 heterocycles. The van der Waals surface area contributed by atoms with Gasteiger partial charge >= 0.3 is 7.82 Å². The first kappa shape index (κ1) is 45.5. The number of rotatable bonds is 28. The number of ether oxygens (including phenoxy) is 5. The molecular formula is C43H65N6O9P. The fourth-order valence-corrected chi connectivity index (χ4v) is 9.68. The number of nitriles is 1. The van der Waals surface area contributed by atoms with Gasteiger partial charge in [0.05, 0.1) is 31.2 Å². The molecule has 7 atom stereocenters. The highest BCUT2D eigenvalue weighted by Gasteiger charge is 2.92. The minimum absolute atomic E-state index is 0.0501. The third kappa shape index (κ3) is 11.3. The van der Waals surface area contributed by atoms with E-state index in [1.165, 1.54) is 96.2 Å². The fourth-order valence-electron chi connectivity index (χ4n) is 8.64. The molecule has 0 radical (unpaired) electrons. The smallest absolute Gasteiger partial charge is 0.382 e. The van der Waals surface area contributed by atoms with Gasteiger partial charge in [-0.15, -0.1) is 0 Å². The normalized spacial score (nSPS) is 25.7. The highest BCUT2D eigenvalue weighted by Crippen LogP contribution is 2.74. The summed E-state index contributed by atoms with van der Waals surface area (Å²) >= 11 is 0. The average Bonchev–Trinajstić information content (AvgIpc) is 3.60. The second kappa shape index (κ2) is 20.7. The Kier molecular flexibility index (Phi) is 16.0. The van der Waals surface area contributed by atoms with Crippen LogP contribution in [0.3, 0.4) is 0 Å². The number of anilines is 1. The van der Waals surface area contributed by atoms with Crippen molar-refractivity contribution in [3.8, 4) is 6.07 Å². The molecule has 0 aromatic carbocycles. The Hall–Kier alpha value is -3.03. The number of fused-ring (bicyclic) bond motifs is 1. The highest BCUT2D eigenvalue weighted by atomic mass is 31.2. The predicted molar refractivity (Wildman–Crippen MR) is 221 cm³/mol. The minimum Gasteiger partial charge on any atom is -0.382 e. The van der Waals surface area contributed by atoms with Crippen molar-refractivity contribution in [3.05, 3.63) is 53.7 Å². The van der Waals surface area contributed by atoms with Crippen LogP contribution in [0.4, 0.5) is 5.82 Å². The second-order valence-corrected chi connectivity index (χ2v) is 18.3. The number of hydrogen-bond acceptors (Lipinski definition) is 13. The summed E-state index contributed by atoms with van der Waals surface area (Å²) in [4.78, 5) is 19.4. The van der Waals surface area contributed by atoms with Crippen LogP contribution in [0, 0.1) is 11.3 Å². The Bertz CT molecular complexity index is 1890. The number of unbranched alkanes of at least 4 members (excludes halogenated alkanes) is 15. The molecule has 1 saturated carbocycles. The number of phosphoric acid groups is 1. The van der Waals surface area contributed by atoms with Gasteiger partial charge in [-0.25, -0.2) is 19.0 Å². The Morgan fingerprint density at radius 2 is 1.59 bits per heavy atom. The molecule has 2 aliphatic heterocycles. The van der Waals surface area contributed by atoms with E-state index in [-0.39, 0.29) is 25.5 Å². The van der Waals surface area contributed by atoms with Gasteiger partial charge in [-0.1, -0.05) is 109 Å². The zero-order valence-corrected chi connectivity index (χ0v) is 36.3. The summed E-state index contributed by atoms with van der Waals surface area (Å²) in [5, 5.41) is 13.6. The van der Waals surface area contributed by atoms with E-state index in [9.17, 15) is 14.7 Å². The van der Waals surface area contributed by atoms with Crippen LogP contribution in [-0.2, 0) is 43.9 Å². The van der Waals surface area contributed by atoms with Gasteiger partial charge in [0.2, 0.25) is 0 Å². The van der Waals surface area contributed by atoms with Gasteiger partial charge in [0.15, 0.2) is 17.2 Å². The average molecular weight is 841 g/mol. The molecule has 2 unspecified atom stereocenters. The Labute approximate surface area is 349 Å². The molecule has 3 aliphatic rings. The van der Waals surface area contributed by atoms with Crippen LogP contribution in [0.5, 0.6) is 0 Å². The summed E-state index contributed by atoms with van der Waals surface area (Å²) < 4.78 is 58.0. The lowest BCUT2D eigenvalue weighted by molar-refractivity contribution is -0.186. The standard InChI is InChI=1S/C43H65N6O9P/c1-5-6-7-8-9-10-11-12-13-14-15-16-17-18-19-20-26-52-29-34(53-28-33-23-21-22-32(27-44)48-33)30-54-59(50,51)57-40-42(4)43(40)38(56-41(2,3)58-43)37(55-42)35-24-25-36-39(45)46-31-47-49(35)36/h21-25,31,34,37-38,40H,5-20,26,28-30H2,1-4H3,(H,50,51)(H2,45,46,47)/t34-,37+,38+,40?,42-,43-/m1/s1. The maximum atomic E-state index is 13.6. The summed E-state index contributed by atoms with van der Waals surface area (Å²) in [7, 11) is -4.70. The van der Waals surface area contributed by atoms with Crippen LogP contribution in [-0.4, -0.2) is 79.6 Å². The van der Waals surface area contributed by atoms with E-state index >= 15 is 0 Å². The van der Waals surface area contributed by atoms with Gasteiger partial charge < -0.3 is 34.3 Å². The molecule has 16 heteroatoms. The van der Waals surface area contributed by atoms with Crippen LogP contribution in [0.2, 0.25) is 0 Å². The number of hydrogen-bond donors (Lipinski definition) is 2. The van der Waals surface area contributed by atoms with Crippen LogP contribution in [0.1, 0.15) is 154 Å². The van der Waals surface area contributed by atoms with Crippen molar-refractivity contribution in [1.29, 1.82) is 5.26 Å². The summed E-state index contributed by atoms with van der Waals surface area (Å²) in [6.45, 7) is 8.00. The third-order valence-electron chi connectivity index (χ3n) is 11.8. The van der Waals surface area contributed by atoms with Crippen LogP contribution in [0.25, 0.3) is 5.52 Å². The molecule has 1 spiro atoms. The van der Waals surface area contributed by atoms with E-state index in [1.807, 2.05) is 12.1 Å². The van der Waals surface area contributed by atoms with Gasteiger partial charge in [-0.05, 0) is 51.5 Å². The van der Waals surface area contributed by atoms with Crippen LogP contribution < -0.4 is 5.73 Å². The molecule has 3 aromatic heterocycles. The molecule has 59 heavy (non-hydrogen) atoms. The van der Waals surface area contributed by atoms with Crippen molar-refractivity contribution in [1.82, 2.24) is 19.6 Å². The van der Waals surface area contributed by atoms with Gasteiger partial charge in [-0.2, -0.15) is 10.4 Å². The highest BCUT2D eigenvalue weighted by molar-refractivity contribution is 7.47. The van der Waals surface area contributed by atoms with E-state index in [0.29, 0.717) is 29.3 Å². The number of pyridine rings is 1. The van der Waals surface area contributed by atoms with Crippen molar-refractivity contribution in [2.75, 3.05) is 25.6 Å². The van der Waals surface area contributed by atoms with Crippen molar-refractivity contribution in [2.45, 2.75) is 178 Å². The molecule has 326 valence electrons. The number of aromatic nitrogens is 4. The first-order valence-corrected chi connectivity index (χ1v) is 23.3. The van der Waals surface area contributed by atoms with Gasteiger partial charge in [0, 0.05) is 6.61 Å². The maximum Gasteiger partial charge on any atom is 0.472 e. The van der Waals surface area contributed by atoms with Crippen molar-refractivity contribution < 1.29 is 42.2 Å². The monoisotopic (exact) mass is 840 g/mol. The number of phosphoric ester groups is 1. The van der Waals surface area contributed by atoms with E-state index < -0.39 is 49.2 Å². The summed E-state index contributed by atoms with van der Waals surface area (Å²) in [6, 6.07) is 10.8. The fraction of sp³-hybridized carbons (Fsp3) is 0.721. The first-order valence-electron chi connectivity index (χ1n) is 21.8. The molecule has 0 amide bonds. The maximum absolute atomic E-state index is 13.6. The van der Waals surface area contributed by atoms with E-state index in [4.69, 9.17) is 38.5 Å². The molecule has 2 saturated heterocycles. The third-order valence-corrected chi connectivity index (χ3v) is 12.7. The van der Waals surface area contributed by atoms with E-state index in [0.717, 1.165) is 12.8 Å². The Morgan fingerprint density at radius 1 is 0.932 bits per heavy atom. The zero-order valence-electron chi connectivity index (χ0n) is 35.4. The van der Waals surface area contributed by atoms with E-state index in [2.05, 4.69) is 22.0 Å². The molecule has 3 aromatic rings. The van der Waals surface area contributed by atoms with Gasteiger partial charge in [0.25, 0.3) is 0 Å². The first-order chi connectivity index (χ1) is 28.4.